The molecule has 11 nitrogen and oxygen atoms in total. The predicted molar refractivity (Wildman–Crippen MR) is 129 cm³/mol. The average Bonchev–Trinajstić information content (AvgIpc) is 3.32. The second kappa shape index (κ2) is 11.3. The second-order valence-corrected chi connectivity index (χ2v) is 7.27. The molecule has 2 heterocycles. The minimum Gasteiger partial charge on any atom is -0.389 e. The van der Waals surface area contributed by atoms with Gasteiger partial charge < -0.3 is 4.84 Å². The number of aromatic nitrogens is 5. The molecule has 0 radical (unpaired) electrons. The van der Waals surface area contributed by atoms with Crippen LogP contribution in [-0.4, -0.2) is 42.7 Å². The number of hydrogen-bond acceptors (Lipinski definition) is 9. The van der Waals surface area contributed by atoms with Crippen molar-refractivity contribution < 1.29 is 14.5 Å². The Morgan fingerprint density at radius 2 is 1.66 bits per heavy atom. The SMILES string of the molecule is C/C(=N/OC(=O)Nc1cccc(CO/N=C(/c2ccccc2)c2nnnn2C)n1)c1ccccc1. The van der Waals surface area contributed by atoms with E-state index in [1.54, 1.807) is 32.2 Å². The molecular formula is C24H22N8O3. The zero-order chi connectivity index (χ0) is 24.5. The molecule has 2 aromatic heterocycles. The largest absolute Gasteiger partial charge is 0.439 e. The summed E-state index contributed by atoms with van der Waals surface area (Å²) in [6.07, 6.45) is -0.759. The van der Waals surface area contributed by atoms with E-state index in [0.29, 0.717) is 22.9 Å². The van der Waals surface area contributed by atoms with E-state index < -0.39 is 6.09 Å². The molecule has 0 bridgehead atoms. The van der Waals surface area contributed by atoms with Crippen LogP contribution in [0.25, 0.3) is 0 Å². The summed E-state index contributed by atoms with van der Waals surface area (Å²) in [5, 5.41) is 22.2. The van der Waals surface area contributed by atoms with Crippen molar-refractivity contribution in [3.05, 3.63) is 102 Å². The first-order chi connectivity index (χ1) is 17.1. The number of nitrogens with zero attached hydrogens (tertiary/aromatic N) is 7. The van der Waals surface area contributed by atoms with Gasteiger partial charge in [-0.25, -0.2) is 14.5 Å². The number of benzene rings is 2. The maximum Gasteiger partial charge on any atom is 0.439 e. The number of rotatable bonds is 8. The summed E-state index contributed by atoms with van der Waals surface area (Å²) in [6, 6.07) is 23.9. The van der Waals surface area contributed by atoms with Gasteiger partial charge in [0.15, 0.2) is 12.3 Å². The van der Waals surface area contributed by atoms with Crippen LogP contribution in [0.1, 0.15) is 29.6 Å². The van der Waals surface area contributed by atoms with E-state index in [0.717, 1.165) is 11.1 Å². The van der Waals surface area contributed by atoms with Gasteiger partial charge in [-0.05, 0) is 35.0 Å². The Labute approximate surface area is 201 Å². The standard InChI is InChI=1S/C24H22N8O3/c1-17(18-10-5-3-6-11-18)28-35-24(33)26-21-15-9-14-20(25-21)16-34-29-22(19-12-7-4-8-13-19)23-27-30-31-32(23)2/h3-15H,16H2,1-2H3,(H,25,26,33)/b28-17-,29-22-. The Balaban J connectivity index is 1.39. The molecule has 4 rings (SSSR count). The molecule has 2 aromatic carbocycles. The topological polar surface area (TPSA) is 129 Å². The predicted octanol–water partition coefficient (Wildman–Crippen LogP) is 3.55. The van der Waals surface area contributed by atoms with E-state index in [2.05, 4.69) is 36.1 Å². The maximum atomic E-state index is 12.1. The quantitative estimate of drug-likeness (QED) is 0.237. The number of carbonyl (C=O) groups excluding carboxylic acids is 1. The minimum atomic E-state index is -0.759. The normalized spacial score (nSPS) is 11.7. The summed E-state index contributed by atoms with van der Waals surface area (Å²) < 4.78 is 1.51. The van der Waals surface area contributed by atoms with Gasteiger partial charge in [0.25, 0.3) is 0 Å². The van der Waals surface area contributed by atoms with E-state index in [9.17, 15) is 4.79 Å². The molecule has 0 fully saturated rings. The van der Waals surface area contributed by atoms with Crippen molar-refractivity contribution in [3.63, 3.8) is 0 Å². The lowest BCUT2D eigenvalue weighted by Crippen LogP contribution is -2.14. The van der Waals surface area contributed by atoms with Crippen LogP contribution >= 0.6 is 0 Å². The first kappa shape index (κ1) is 23.2. The van der Waals surface area contributed by atoms with Crippen molar-refractivity contribution in [1.82, 2.24) is 25.2 Å². The van der Waals surface area contributed by atoms with E-state index in [-0.39, 0.29) is 12.4 Å². The molecule has 0 aliphatic rings. The fourth-order valence-corrected chi connectivity index (χ4v) is 3.01. The van der Waals surface area contributed by atoms with Crippen molar-refractivity contribution in [1.29, 1.82) is 0 Å². The number of carbonyl (C=O) groups is 1. The highest BCUT2D eigenvalue weighted by molar-refractivity contribution is 6.10. The van der Waals surface area contributed by atoms with Crippen LogP contribution in [0, 0.1) is 0 Å². The highest BCUT2D eigenvalue weighted by atomic mass is 16.7. The Morgan fingerprint density at radius 1 is 0.943 bits per heavy atom. The summed E-state index contributed by atoms with van der Waals surface area (Å²) in [5.74, 6) is 0.738. The van der Waals surface area contributed by atoms with Crippen molar-refractivity contribution in [2.24, 2.45) is 17.4 Å². The van der Waals surface area contributed by atoms with Gasteiger partial charge in [-0.15, -0.1) is 5.10 Å². The molecule has 11 heteroatoms. The van der Waals surface area contributed by atoms with Crippen molar-refractivity contribution in [2.75, 3.05) is 5.32 Å². The number of hydrogen-bond donors (Lipinski definition) is 1. The number of oxime groups is 2. The fraction of sp³-hybridized carbons (Fsp3) is 0.125. The summed E-state index contributed by atoms with van der Waals surface area (Å²) in [7, 11) is 1.72. The monoisotopic (exact) mass is 470 g/mol. The molecule has 35 heavy (non-hydrogen) atoms. The van der Waals surface area contributed by atoms with Crippen LogP contribution < -0.4 is 5.32 Å². The first-order valence-electron chi connectivity index (χ1n) is 10.6. The molecule has 0 saturated carbocycles. The molecule has 4 aromatic rings. The van der Waals surface area contributed by atoms with Gasteiger partial charge in [0.05, 0.1) is 11.4 Å². The average molecular weight is 470 g/mol. The zero-order valence-electron chi connectivity index (χ0n) is 19.1. The van der Waals surface area contributed by atoms with E-state index in [4.69, 9.17) is 9.68 Å². The van der Waals surface area contributed by atoms with E-state index in [1.165, 1.54) is 4.68 Å². The van der Waals surface area contributed by atoms with Gasteiger partial charge in [0.1, 0.15) is 5.82 Å². The van der Waals surface area contributed by atoms with Crippen LogP contribution in [0.5, 0.6) is 0 Å². The van der Waals surface area contributed by atoms with Gasteiger partial charge >= 0.3 is 6.09 Å². The van der Waals surface area contributed by atoms with Crippen LogP contribution in [0.15, 0.2) is 89.2 Å². The Bertz CT molecular complexity index is 1340. The van der Waals surface area contributed by atoms with Crippen LogP contribution in [0.3, 0.4) is 0 Å². The second-order valence-electron chi connectivity index (χ2n) is 7.27. The smallest absolute Gasteiger partial charge is 0.389 e. The number of pyridine rings is 1. The lowest BCUT2D eigenvalue weighted by atomic mass is 10.1. The van der Waals surface area contributed by atoms with Crippen LogP contribution in [0.4, 0.5) is 10.6 Å². The molecule has 1 amide bonds. The number of amides is 1. The third-order valence-electron chi connectivity index (χ3n) is 4.74. The van der Waals surface area contributed by atoms with Crippen LogP contribution in [0.2, 0.25) is 0 Å². The number of aryl methyl sites for hydroxylation is 1. The molecule has 0 unspecified atom stereocenters. The summed E-state index contributed by atoms with van der Waals surface area (Å²) in [6.45, 7) is 1.80. The summed E-state index contributed by atoms with van der Waals surface area (Å²) >= 11 is 0. The lowest BCUT2D eigenvalue weighted by molar-refractivity contribution is 0.128. The number of tetrazole rings is 1. The molecule has 0 atom stereocenters. The van der Waals surface area contributed by atoms with Gasteiger partial charge in [0, 0.05) is 12.6 Å². The van der Waals surface area contributed by atoms with Gasteiger partial charge in [-0.1, -0.05) is 77.0 Å². The number of nitrogens with one attached hydrogen (secondary N) is 1. The molecule has 0 spiro atoms. The Morgan fingerprint density at radius 3 is 2.34 bits per heavy atom. The van der Waals surface area contributed by atoms with Gasteiger partial charge in [-0.2, -0.15) is 0 Å². The van der Waals surface area contributed by atoms with Gasteiger partial charge in [0.2, 0.25) is 5.82 Å². The summed E-state index contributed by atoms with van der Waals surface area (Å²) in [5.41, 5.74) is 3.23. The molecule has 0 aliphatic heterocycles. The molecule has 176 valence electrons. The fourth-order valence-electron chi connectivity index (χ4n) is 3.01. The van der Waals surface area contributed by atoms with E-state index >= 15 is 0 Å². The molecule has 0 saturated heterocycles. The Hall–Kier alpha value is -4.93. The van der Waals surface area contributed by atoms with Crippen molar-refractivity contribution >= 4 is 23.3 Å². The van der Waals surface area contributed by atoms with Crippen molar-refractivity contribution in [3.8, 4) is 0 Å². The van der Waals surface area contributed by atoms with Crippen LogP contribution in [-0.2, 0) is 23.3 Å². The third kappa shape index (κ3) is 6.32. The highest BCUT2D eigenvalue weighted by Crippen LogP contribution is 2.11. The summed E-state index contributed by atoms with van der Waals surface area (Å²) in [4.78, 5) is 27.0. The number of anilines is 1. The third-order valence-corrected chi connectivity index (χ3v) is 4.74. The zero-order valence-corrected chi connectivity index (χ0v) is 19.1. The van der Waals surface area contributed by atoms with Crippen molar-refractivity contribution in [2.45, 2.75) is 13.5 Å². The first-order valence-corrected chi connectivity index (χ1v) is 10.6. The molecular weight excluding hydrogens is 448 g/mol. The Kier molecular flexibility index (Phi) is 7.49. The minimum absolute atomic E-state index is 0.0530. The molecule has 1 N–H and O–H groups in total. The van der Waals surface area contributed by atoms with E-state index in [1.807, 2.05) is 60.7 Å². The molecule has 0 aliphatic carbocycles. The highest BCUT2D eigenvalue weighted by Gasteiger charge is 2.15. The lowest BCUT2D eigenvalue weighted by Gasteiger charge is -2.07. The van der Waals surface area contributed by atoms with Gasteiger partial charge in [-0.3, -0.25) is 10.2 Å². The maximum absolute atomic E-state index is 12.1.